The van der Waals surface area contributed by atoms with Crippen LogP contribution >= 0.6 is 0 Å². The molecule has 2 heterocycles. The number of carbonyl (C=O) groups is 1. The molecule has 108 valence electrons. The first-order valence-corrected chi connectivity index (χ1v) is 7.42. The van der Waals surface area contributed by atoms with Crippen LogP contribution in [-0.2, 0) is 14.9 Å². The zero-order chi connectivity index (χ0) is 14.2. The number of hydrogen-bond donors (Lipinski definition) is 0. The van der Waals surface area contributed by atoms with Crippen molar-refractivity contribution in [2.24, 2.45) is 5.41 Å². The molecule has 0 radical (unpaired) electrons. The molecule has 1 aromatic carbocycles. The minimum atomic E-state index is 0.0795. The lowest BCUT2D eigenvalue weighted by atomic mass is 9.75. The van der Waals surface area contributed by atoms with E-state index in [0.717, 1.165) is 32.7 Å². The van der Waals surface area contributed by atoms with Crippen molar-refractivity contribution in [1.82, 2.24) is 4.90 Å². The van der Waals surface area contributed by atoms with Crippen molar-refractivity contribution in [2.75, 3.05) is 26.3 Å². The van der Waals surface area contributed by atoms with Crippen molar-refractivity contribution < 1.29 is 9.53 Å². The molecule has 0 spiro atoms. The van der Waals surface area contributed by atoms with Crippen molar-refractivity contribution in [3.05, 3.63) is 35.9 Å². The molecule has 3 rings (SSSR count). The molecule has 0 saturated carbocycles. The average molecular weight is 273 g/mol. The van der Waals surface area contributed by atoms with Gasteiger partial charge in [-0.1, -0.05) is 44.2 Å². The second-order valence-electron chi connectivity index (χ2n) is 6.98. The molecule has 20 heavy (non-hydrogen) atoms. The summed E-state index contributed by atoms with van der Waals surface area (Å²) in [6.45, 7) is 7.69. The summed E-state index contributed by atoms with van der Waals surface area (Å²) >= 11 is 0. The second kappa shape index (κ2) is 4.88. The molecule has 1 aromatic rings. The summed E-state index contributed by atoms with van der Waals surface area (Å²) in [7, 11) is 0. The van der Waals surface area contributed by atoms with Gasteiger partial charge in [0.15, 0.2) is 0 Å². The predicted molar refractivity (Wildman–Crippen MR) is 78.5 cm³/mol. The summed E-state index contributed by atoms with van der Waals surface area (Å²) in [5, 5.41) is 0. The van der Waals surface area contributed by atoms with Crippen LogP contribution in [0.4, 0.5) is 0 Å². The number of piperidine rings is 1. The van der Waals surface area contributed by atoms with Crippen LogP contribution in [0.15, 0.2) is 30.3 Å². The first-order chi connectivity index (χ1) is 9.51. The van der Waals surface area contributed by atoms with Crippen molar-refractivity contribution in [3.8, 4) is 0 Å². The molecule has 0 bridgehead atoms. The van der Waals surface area contributed by atoms with Gasteiger partial charge in [0, 0.05) is 30.3 Å². The summed E-state index contributed by atoms with van der Waals surface area (Å²) in [6.07, 6.45) is 1.60. The maximum Gasteiger partial charge on any atom is 0.222 e. The van der Waals surface area contributed by atoms with Crippen LogP contribution in [0.5, 0.6) is 0 Å². The van der Waals surface area contributed by atoms with E-state index < -0.39 is 0 Å². The van der Waals surface area contributed by atoms with E-state index in [0.29, 0.717) is 12.3 Å². The monoisotopic (exact) mass is 273 g/mol. The third-order valence-electron chi connectivity index (χ3n) is 4.73. The van der Waals surface area contributed by atoms with Crippen LogP contribution in [0.25, 0.3) is 0 Å². The van der Waals surface area contributed by atoms with E-state index in [2.05, 4.69) is 43.0 Å². The number of amides is 1. The summed E-state index contributed by atoms with van der Waals surface area (Å²) in [4.78, 5) is 14.3. The van der Waals surface area contributed by atoms with Gasteiger partial charge >= 0.3 is 0 Å². The normalized spacial score (nSPS) is 29.1. The predicted octanol–water partition coefficient (Wildman–Crippen LogP) is 2.60. The van der Waals surface area contributed by atoms with E-state index in [9.17, 15) is 4.79 Å². The molecule has 0 N–H and O–H groups in total. The molecule has 0 aromatic heterocycles. The highest BCUT2D eigenvalue weighted by Crippen LogP contribution is 2.36. The fourth-order valence-electron chi connectivity index (χ4n) is 3.35. The lowest BCUT2D eigenvalue weighted by molar-refractivity contribution is -0.149. The molecule has 3 nitrogen and oxygen atoms in total. The van der Waals surface area contributed by atoms with E-state index in [4.69, 9.17) is 4.74 Å². The highest BCUT2D eigenvalue weighted by atomic mass is 16.5. The van der Waals surface area contributed by atoms with Gasteiger partial charge in [-0.05, 0) is 12.0 Å². The van der Waals surface area contributed by atoms with E-state index in [1.54, 1.807) is 0 Å². The van der Waals surface area contributed by atoms with E-state index in [-0.39, 0.29) is 10.8 Å². The Kier molecular flexibility index (Phi) is 3.33. The largest absolute Gasteiger partial charge is 0.380 e. The van der Waals surface area contributed by atoms with Crippen molar-refractivity contribution >= 4 is 5.91 Å². The van der Waals surface area contributed by atoms with Crippen LogP contribution in [-0.4, -0.2) is 37.1 Å². The van der Waals surface area contributed by atoms with Crippen molar-refractivity contribution in [2.45, 2.75) is 32.1 Å². The Bertz CT molecular complexity index is 495. The molecule has 1 atom stereocenters. The van der Waals surface area contributed by atoms with Crippen molar-refractivity contribution in [1.29, 1.82) is 0 Å². The smallest absolute Gasteiger partial charge is 0.222 e. The minimum Gasteiger partial charge on any atom is -0.380 e. The Labute approximate surface area is 120 Å². The molecular weight excluding hydrogens is 250 g/mol. The molecular formula is C17H23NO2. The number of benzene rings is 1. The summed E-state index contributed by atoms with van der Waals surface area (Å²) in [6, 6.07) is 10.6. The zero-order valence-electron chi connectivity index (χ0n) is 12.4. The number of likely N-dealkylation sites (tertiary alicyclic amines) is 1. The zero-order valence-corrected chi connectivity index (χ0v) is 12.4. The van der Waals surface area contributed by atoms with Gasteiger partial charge in [0.05, 0.1) is 13.2 Å². The quantitative estimate of drug-likeness (QED) is 0.847. The first kappa shape index (κ1) is 13.6. The summed E-state index contributed by atoms with van der Waals surface area (Å²) in [5.74, 6) is 0.298. The Morgan fingerprint density at radius 1 is 1.20 bits per heavy atom. The fraction of sp³-hybridized carbons (Fsp3) is 0.588. The van der Waals surface area contributed by atoms with Gasteiger partial charge in [0.1, 0.15) is 0 Å². The van der Waals surface area contributed by atoms with Gasteiger partial charge < -0.3 is 9.64 Å². The lowest BCUT2D eigenvalue weighted by Crippen LogP contribution is -2.55. The van der Waals surface area contributed by atoms with E-state index in [1.165, 1.54) is 5.56 Å². The summed E-state index contributed by atoms with van der Waals surface area (Å²) < 4.78 is 5.31. The highest BCUT2D eigenvalue weighted by molar-refractivity contribution is 5.77. The summed E-state index contributed by atoms with van der Waals surface area (Å²) in [5.41, 5.74) is 1.58. The Morgan fingerprint density at radius 3 is 2.50 bits per heavy atom. The van der Waals surface area contributed by atoms with Gasteiger partial charge in [-0.25, -0.2) is 0 Å². The molecule has 0 unspecified atom stereocenters. The first-order valence-electron chi connectivity index (χ1n) is 7.42. The van der Waals surface area contributed by atoms with E-state index in [1.807, 2.05) is 6.07 Å². The van der Waals surface area contributed by atoms with E-state index >= 15 is 0 Å². The number of nitrogens with zero attached hydrogens (tertiary/aromatic N) is 1. The lowest BCUT2D eigenvalue weighted by Gasteiger charge is -2.47. The van der Waals surface area contributed by atoms with Gasteiger partial charge in [-0.15, -0.1) is 0 Å². The van der Waals surface area contributed by atoms with Crippen LogP contribution in [0, 0.1) is 5.41 Å². The molecule has 2 aliphatic rings. The Morgan fingerprint density at radius 2 is 1.90 bits per heavy atom. The second-order valence-corrected chi connectivity index (χ2v) is 6.98. The standard InChI is InChI=1S/C17H23NO2/c1-16(12-20-13-16)10-18-11-17(2,9-8-15(18)19)14-6-4-3-5-7-14/h3-7H,8-13H2,1-2H3/t17-/m1/s1. The molecule has 3 heteroatoms. The van der Waals surface area contributed by atoms with Gasteiger partial charge in [-0.2, -0.15) is 0 Å². The van der Waals surface area contributed by atoms with Crippen LogP contribution in [0.3, 0.4) is 0 Å². The average Bonchev–Trinajstić information content (AvgIpc) is 2.42. The van der Waals surface area contributed by atoms with Crippen LogP contribution in [0.1, 0.15) is 32.3 Å². The third-order valence-corrected chi connectivity index (χ3v) is 4.73. The topological polar surface area (TPSA) is 29.5 Å². The third kappa shape index (κ3) is 2.47. The Hall–Kier alpha value is -1.35. The maximum atomic E-state index is 12.2. The number of ether oxygens (including phenoxy) is 1. The van der Waals surface area contributed by atoms with Gasteiger partial charge in [0.25, 0.3) is 0 Å². The van der Waals surface area contributed by atoms with Crippen LogP contribution < -0.4 is 0 Å². The van der Waals surface area contributed by atoms with Gasteiger partial charge in [0.2, 0.25) is 5.91 Å². The number of hydrogen-bond acceptors (Lipinski definition) is 2. The molecule has 2 fully saturated rings. The molecule has 2 saturated heterocycles. The molecule has 2 aliphatic heterocycles. The van der Waals surface area contributed by atoms with Crippen molar-refractivity contribution in [3.63, 3.8) is 0 Å². The number of rotatable bonds is 3. The Balaban J connectivity index is 1.77. The fourth-order valence-corrected chi connectivity index (χ4v) is 3.35. The highest BCUT2D eigenvalue weighted by Gasteiger charge is 2.41. The minimum absolute atomic E-state index is 0.0795. The molecule has 1 amide bonds. The SMILES string of the molecule is CC1(CN2C[C@](C)(c3ccccc3)CCC2=O)COC1. The van der Waals surface area contributed by atoms with Gasteiger partial charge in [-0.3, -0.25) is 4.79 Å². The van der Waals surface area contributed by atoms with Crippen LogP contribution in [0.2, 0.25) is 0 Å². The number of carbonyl (C=O) groups excluding carboxylic acids is 1. The maximum absolute atomic E-state index is 12.2. The molecule has 0 aliphatic carbocycles.